The Bertz CT molecular complexity index is 496. The quantitative estimate of drug-likeness (QED) is 0.666. The summed E-state index contributed by atoms with van der Waals surface area (Å²) in [6.45, 7) is 5.51. The molecular weight excluding hydrogens is 294 g/mol. The molecule has 2 rings (SSSR count). The van der Waals surface area contributed by atoms with Crippen molar-refractivity contribution >= 4 is 15.9 Å². The molecule has 0 saturated carbocycles. The van der Waals surface area contributed by atoms with Crippen LogP contribution in [0.2, 0.25) is 0 Å². The summed E-state index contributed by atoms with van der Waals surface area (Å²) in [5, 5.41) is 0. The van der Waals surface area contributed by atoms with E-state index in [1.54, 1.807) is 11.8 Å². The molecule has 122 valence electrons. The van der Waals surface area contributed by atoms with E-state index in [-0.39, 0.29) is 19.1 Å². The largest absolute Gasteiger partial charge is 0.363 e. The van der Waals surface area contributed by atoms with Crippen LogP contribution in [0.3, 0.4) is 0 Å². The van der Waals surface area contributed by atoms with Crippen LogP contribution in [0, 0.1) is 0 Å². The molecule has 0 aliphatic carbocycles. The lowest BCUT2D eigenvalue weighted by Gasteiger charge is -2.40. The van der Waals surface area contributed by atoms with Gasteiger partial charge in [-0.2, -0.15) is 4.31 Å². The van der Waals surface area contributed by atoms with Crippen LogP contribution in [0.25, 0.3) is 0 Å². The second kappa shape index (κ2) is 6.20. The molecule has 1 unspecified atom stereocenters. The monoisotopic (exact) mass is 319 g/mol. The lowest BCUT2D eigenvalue weighted by atomic mass is 10.0. The summed E-state index contributed by atoms with van der Waals surface area (Å²) in [6.07, 6.45) is 2.10. The summed E-state index contributed by atoms with van der Waals surface area (Å²) in [6, 6.07) is 0. The Morgan fingerprint density at radius 3 is 2.52 bits per heavy atom. The van der Waals surface area contributed by atoms with Gasteiger partial charge >= 0.3 is 0 Å². The number of rotatable bonds is 2. The molecule has 2 aliphatic rings. The van der Waals surface area contributed by atoms with E-state index in [9.17, 15) is 13.2 Å². The maximum absolute atomic E-state index is 12.8. The van der Waals surface area contributed by atoms with E-state index < -0.39 is 15.6 Å². The number of nitrogens with zero attached hydrogens (tertiary/aromatic N) is 3. The van der Waals surface area contributed by atoms with Gasteiger partial charge in [0.15, 0.2) is 5.60 Å². The molecule has 0 N–H and O–H groups in total. The van der Waals surface area contributed by atoms with Gasteiger partial charge in [0, 0.05) is 26.2 Å². The van der Waals surface area contributed by atoms with Crippen LogP contribution in [-0.2, 0) is 19.6 Å². The molecule has 2 fully saturated rings. The summed E-state index contributed by atoms with van der Waals surface area (Å²) in [7, 11) is -1.26. The Morgan fingerprint density at radius 2 is 1.86 bits per heavy atom. The molecule has 0 radical (unpaired) electrons. The predicted molar refractivity (Wildman–Crippen MR) is 79.5 cm³/mol. The number of likely N-dealkylation sites (N-methyl/N-ethyl adjacent to an activating group) is 1. The molecular formula is C13H25N3O4S. The van der Waals surface area contributed by atoms with Gasteiger partial charge in [-0.25, -0.2) is 8.42 Å². The highest BCUT2D eigenvalue weighted by Gasteiger charge is 2.44. The number of morpholine rings is 1. The molecule has 2 aliphatic heterocycles. The minimum absolute atomic E-state index is 0.0943. The third kappa shape index (κ3) is 3.94. The van der Waals surface area contributed by atoms with Crippen molar-refractivity contribution in [2.75, 3.05) is 59.2 Å². The fraction of sp³-hybridized carbons (Fsp3) is 0.923. The highest BCUT2D eigenvalue weighted by Crippen LogP contribution is 2.23. The van der Waals surface area contributed by atoms with Gasteiger partial charge in [0.1, 0.15) is 0 Å². The number of ether oxygens (including phenoxy) is 1. The predicted octanol–water partition coefficient (Wildman–Crippen LogP) is -0.799. The Labute approximate surface area is 126 Å². The first-order chi connectivity index (χ1) is 9.72. The Balaban J connectivity index is 2.09. The number of hydrogen-bond acceptors (Lipinski definition) is 5. The van der Waals surface area contributed by atoms with Crippen molar-refractivity contribution in [3.8, 4) is 0 Å². The smallest absolute Gasteiger partial charge is 0.255 e. The molecule has 7 nitrogen and oxygen atoms in total. The van der Waals surface area contributed by atoms with Crippen LogP contribution in [0.5, 0.6) is 0 Å². The van der Waals surface area contributed by atoms with Gasteiger partial charge in [-0.1, -0.05) is 0 Å². The van der Waals surface area contributed by atoms with Crippen LogP contribution in [0.1, 0.15) is 13.3 Å². The third-order valence-electron chi connectivity index (χ3n) is 4.17. The highest BCUT2D eigenvalue weighted by molar-refractivity contribution is 7.88. The van der Waals surface area contributed by atoms with Crippen molar-refractivity contribution in [2.45, 2.75) is 18.9 Å². The molecule has 0 aromatic rings. The maximum Gasteiger partial charge on any atom is 0.255 e. The normalized spacial score (nSPS) is 30.1. The van der Waals surface area contributed by atoms with Gasteiger partial charge in [-0.3, -0.25) is 4.79 Å². The van der Waals surface area contributed by atoms with Gasteiger partial charge in [0.25, 0.3) is 5.91 Å². The zero-order valence-electron chi connectivity index (χ0n) is 13.0. The average Bonchev–Trinajstić information content (AvgIpc) is 2.62. The summed E-state index contributed by atoms with van der Waals surface area (Å²) >= 11 is 0. The van der Waals surface area contributed by atoms with Crippen LogP contribution in [0.4, 0.5) is 0 Å². The molecule has 1 amide bonds. The first-order valence-electron chi connectivity index (χ1n) is 7.29. The van der Waals surface area contributed by atoms with Crippen LogP contribution in [0.15, 0.2) is 0 Å². The van der Waals surface area contributed by atoms with E-state index in [0.29, 0.717) is 19.6 Å². The van der Waals surface area contributed by atoms with Crippen molar-refractivity contribution in [2.24, 2.45) is 0 Å². The number of carbonyl (C=O) groups is 1. The molecule has 8 heteroatoms. The summed E-state index contributed by atoms with van der Waals surface area (Å²) in [5.41, 5.74) is -1.08. The van der Waals surface area contributed by atoms with Gasteiger partial charge in [0.05, 0.1) is 19.4 Å². The zero-order chi connectivity index (χ0) is 15.7. The minimum Gasteiger partial charge on any atom is -0.363 e. The van der Waals surface area contributed by atoms with Crippen molar-refractivity contribution in [1.82, 2.24) is 14.1 Å². The Hall–Kier alpha value is -0.700. The van der Waals surface area contributed by atoms with E-state index in [4.69, 9.17) is 4.74 Å². The van der Waals surface area contributed by atoms with E-state index in [0.717, 1.165) is 19.5 Å². The SMILES string of the molecule is CN1CCCN(C(=O)C2(C)CN(S(C)(=O)=O)CCO2)CC1. The first-order valence-corrected chi connectivity index (χ1v) is 9.14. The van der Waals surface area contributed by atoms with Crippen molar-refractivity contribution in [3.05, 3.63) is 0 Å². The van der Waals surface area contributed by atoms with E-state index >= 15 is 0 Å². The van der Waals surface area contributed by atoms with Crippen molar-refractivity contribution in [1.29, 1.82) is 0 Å². The number of hydrogen-bond donors (Lipinski definition) is 0. The summed E-state index contributed by atoms with van der Waals surface area (Å²) in [5.74, 6) is -0.105. The van der Waals surface area contributed by atoms with Gasteiger partial charge in [-0.15, -0.1) is 0 Å². The van der Waals surface area contributed by atoms with E-state index in [1.807, 2.05) is 7.05 Å². The molecule has 1 atom stereocenters. The highest BCUT2D eigenvalue weighted by atomic mass is 32.2. The molecule has 2 heterocycles. The third-order valence-corrected chi connectivity index (χ3v) is 5.42. The minimum atomic E-state index is -3.30. The lowest BCUT2D eigenvalue weighted by Crippen LogP contribution is -2.60. The van der Waals surface area contributed by atoms with Crippen LogP contribution >= 0.6 is 0 Å². The molecule has 0 spiro atoms. The summed E-state index contributed by atoms with van der Waals surface area (Å²) in [4.78, 5) is 16.8. The van der Waals surface area contributed by atoms with E-state index in [2.05, 4.69) is 4.90 Å². The molecule has 0 aromatic carbocycles. The maximum atomic E-state index is 12.8. The molecule has 0 bridgehead atoms. The molecule has 0 aromatic heterocycles. The fourth-order valence-electron chi connectivity index (χ4n) is 2.83. The average molecular weight is 319 g/mol. The van der Waals surface area contributed by atoms with Crippen molar-refractivity contribution < 1.29 is 17.9 Å². The molecule has 2 saturated heterocycles. The fourth-order valence-corrected chi connectivity index (χ4v) is 3.72. The van der Waals surface area contributed by atoms with Crippen LogP contribution < -0.4 is 0 Å². The van der Waals surface area contributed by atoms with E-state index in [1.165, 1.54) is 10.6 Å². The molecule has 21 heavy (non-hydrogen) atoms. The lowest BCUT2D eigenvalue weighted by molar-refractivity contribution is -0.163. The van der Waals surface area contributed by atoms with Gasteiger partial charge in [-0.05, 0) is 26.9 Å². The summed E-state index contributed by atoms with van der Waals surface area (Å²) < 4.78 is 30.4. The Kier molecular flexibility index (Phi) is 4.92. The number of carbonyl (C=O) groups excluding carboxylic acids is 1. The topological polar surface area (TPSA) is 70.2 Å². The van der Waals surface area contributed by atoms with Gasteiger partial charge in [0.2, 0.25) is 10.0 Å². The standard InChI is InChI=1S/C13H25N3O4S/c1-13(11-16(9-10-20-13)21(3,18)19)12(17)15-6-4-5-14(2)7-8-15/h4-11H2,1-3H3. The zero-order valence-corrected chi connectivity index (χ0v) is 13.9. The number of sulfonamides is 1. The van der Waals surface area contributed by atoms with Gasteiger partial charge < -0.3 is 14.5 Å². The number of amides is 1. The second-order valence-electron chi connectivity index (χ2n) is 6.12. The van der Waals surface area contributed by atoms with Crippen LogP contribution in [-0.4, -0.2) is 93.2 Å². The Morgan fingerprint density at radius 1 is 1.14 bits per heavy atom. The first kappa shape index (κ1) is 16.7. The second-order valence-corrected chi connectivity index (χ2v) is 8.11. The van der Waals surface area contributed by atoms with Crippen molar-refractivity contribution in [3.63, 3.8) is 0 Å².